The van der Waals surface area contributed by atoms with Crippen LogP contribution in [0.4, 0.5) is 4.79 Å². The normalized spacial score (nSPS) is 10.8. The number of nitrogens with one attached hydrogen (secondary N) is 1. The molecule has 2 aromatic rings. The highest BCUT2D eigenvalue weighted by molar-refractivity contribution is 7.91. The number of esters is 1. The number of carbonyl (C=O) groups is 2. The molecule has 0 aliphatic heterocycles. The number of amides is 1. The third-order valence-electron chi connectivity index (χ3n) is 4.96. The number of hydrogen-bond donors (Lipinski definition) is 2. The molecular weight excluding hydrogens is 498 g/mol. The van der Waals surface area contributed by atoms with E-state index in [-0.39, 0.29) is 54.1 Å². The van der Waals surface area contributed by atoms with Gasteiger partial charge in [-0.25, -0.2) is 18.0 Å². The topological polar surface area (TPSA) is 128 Å². The molecule has 2 aromatic carbocycles. The van der Waals surface area contributed by atoms with E-state index in [1.807, 2.05) is 0 Å². The molecular formula is C27H31NO8S. The number of rotatable bonds is 14. The van der Waals surface area contributed by atoms with Crippen molar-refractivity contribution in [3.05, 3.63) is 85.0 Å². The lowest BCUT2D eigenvalue weighted by molar-refractivity contribution is -0.140. The molecule has 10 heteroatoms. The molecule has 0 unspecified atom stereocenters. The predicted octanol–water partition coefficient (Wildman–Crippen LogP) is 3.91. The second kappa shape index (κ2) is 14.0. The number of sulfone groups is 1. The molecule has 1 amide bonds. The van der Waals surface area contributed by atoms with Crippen molar-refractivity contribution in [1.82, 2.24) is 5.32 Å². The monoisotopic (exact) mass is 529 g/mol. The molecule has 0 aliphatic rings. The van der Waals surface area contributed by atoms with Crippen molar-refractivity contribution in [3.63, 3.8) is 0 Å². The average molecular weight is 530 g/mol. The Bertz CT molecular complexity index is 1270. The van der Waals surface area contributed by atoms with Crippen molar-refractivity contribution in [2.75, 3.05) is 26.4 Å². The first kappa shape index (κ1) is 29.3. The number of ether oxygens (including phenoxy) is 3. The van der Waals surface area contributed by atoms with Crippen molar-refractivity contribution in [2.24, 2.45) is 0 Å². The Balaban J connectivity index is 2.02. The lowest BCUT2D eigenvalue weighted by Gasteiger charge is -2.13. The molecule has 0 bridgehead atoms. The van der Waals surface area contributed by atoms with E-state index >= 15 is 0 Å². The van der Waals surface area contributed by atoms with Gasteiger partial charge in [0.1, 0.15) is 18.1 Å². The first-order chi connectivity index (χ1) is 17.6. The molecule has 0 aliphatic carbocycles. The van der Waals surface area contributed by atoms with Gasteiger partial charge >= 0.3 is 12.1 Å². The Morgan fingerprint density at radius 3 is 2.24 bits per heavy atom. The van der Waals surface area contributed by atoms with Crippen molar-refractivity contribution < 1.29 is 37.3 Å². The van der Waals surface area contributed by atoms with Crippen LogP contribution < -0.4 is 10.1 Å². The summed E-state index contributed by atoms with van der Waals surface area (Å²) in [5.74, 6) is -0.334. The van der Waals surface area contributed by atoms with Gasteiger partial charge in [-0.1, -0.05) is 18.7 Å². The van der Waals surface area contributed by atoms with Crippen LogP contribution in [0.5, 0.6) is 11.5 Å². The van der Waals surface area contributed by atoms with E-state index in [4.69, 9.17) is 14.2 Å². The van der Waals surface area contributed by atoms with Gasteiger partial charge in [0, 0.05) is 17.7 Å². The summed E-state index contributed by atoms with van der Waals surface area (Å²) in [5.41, 5.74) is 1.19. The van der Waals surface area contributed by atoms with Crippen molar-refractivity contribution in [1.29, 1.82) is 0 Å². The molecule has 0 saturated heterocycles. The smallest absolute Gasteiger partial charge is 0.412 e. The third kappa shape index (κ3) is 8.62. The summed E-state index contributed by atoms with van der Waals surface area (Å²) in [7, 11) is -3.91. The van der Waals surface area contributed by atoms with Gasteiger partial charge in [0.05, 0.1) is 23.0 Å². The van der Waals surface area contributed by atoms with E-state index in [2.05, 4.69) is 25.1 Å². The largest absolute Gasteiger partial charge is 0.508 e. The minimum absolute atomic E-state index is 0.00750. The molecule has 0 saturated carbocycles. The van der Waals surface area contributed by atoms with Crippen molar-refractivity contribution in [2.45, 2.75) is 29.6 Å². The lowest BCUT2D eigenvalue weighted by atomic mass is 10.1. The minimum Gasteiger partial charge on any atom is -0.508 e. The molecule has 0 spiro atoms. The molecule has 0 heterocycles. The van der Waals surface area contributed by atoms with E-state index in [0.29, 0.717) is 23.1 Å². The Morgan fingerprint density at radius 1 is 0.973 bits per heavy atom. The quantitative estimate of drug-likeness (QED) is 0.163. The molecule has 0 fully saturated rings. The fourth-order valence-corrected chi connectivity index (χ4v) is 4.46. The van der Waals surface area contributed by atoms with Gasteiger partial charge in [-0.15, -0.1) is 13.2 Å². The summed E-state index contributed by atoms with van der Waals surface area (Å²) in [6.07, 6.45) is 2.96. The Labute approximate surface area is 217 Å². The highest BCUT2D eigenvalue weighted by Gasteiger charge is 2.21. The highest BCUT2D eigenvalue weighted by Crippen LogP contribution is 2.30. The van der Waals surface area contributed by atoms with Gasteiger partial charge in [0.2, 0.25) is 9.84 Å². The molecule has 2 rings (SSSR count). The first-order valence-corrected chi connectivity index (χ1v) is 12.9. The van der Waals surface area contributed by atoms with Crippen LogP contribution in [0.25, 0.3) is 0 Å². The van der Waals surface area contributed by atoms with Gasteiger partial charge in [0.15, 0.2) is 0 Å². The van der Waals surface area contributed by atoms with Gasteiger partial charge in [-0.05, 0) is 61.7 Å². The Morgan fingerprint density at radius 2 is 1.59 bits per heavy atom. The number of hydrogen-bond acceptors (Lipinski definition) is 8. The predicted molar refractivity (Wildman–Crippen MR) is 138 cm³/mol. The molecule has 0 aromatic heterocycles. The number of phenolic OH excluding ortho intramolecular Hbond substituents is 1. The first-order valence-electron chi connectivity index (χ1n) is 11.4. The van der Waals surface area contributed by atoms with Crippen LogP contribution in [0, 0.1) is 0 Å². The molecule has 37 heavy (non-hydrogen) atoms. The zero-order valence-corrected chi connectivity index (χ0v) is 21.5. The van der Waals surface area contributed by atoms with Gasteiger partial charge in [-0.3, -0.25) is 0 Å². The second-order valence-corrected chi connectivity index (χ2v) is 9.84. The Kier molecular flexibility index (Phi) is 11.1. The fraction of sp³-hybridized carbons (Fsp3) is 0.259. The number of phenols is 1. The van der Waals surface area contributed by atoms with Crippen molar-refractivity contribution >= 4 is 21.9 Å². The summed E-state index contributed by atoms with van der Waals surface area (Å²) < 4.78 is 41.9. The number of benzene rings is 2. The van der Waals surface area contributed by atoms with Crippen LogP contribution in [0.3, 0.4) is 0 Å². The highest BCUT2D eigenvalue weighted by atomic mass is 32.2. The number of allylic oxidation sites excluding steroid dienone is 2. The molecule has 198 valence electrons. The maximum absolute atomic E-state index is 13.2. The lowest BCUT2D eigenvalue weighted by Crippen LogP contribution is -2.30. The fourth-order valence-electron chi connectivity index (χ4n) is 3.10. The van der Waals surface area contributed by atoms with E-state index in [0.717, 1.165) is 0 Å². The average Bonchev–Trinajstić information content (AvgIpc) is 2.85. The van der Waals surface area contributed by atoms with E-state index < -0.39 is 21.9 Å². The van der Waals surface area contributed by atoms with Crippen LogP contribution in [-0.4, -0.2) is 52.0 Å². The van der Waals surface area contributed by atoms with E-state index in [9.17, 15) is 23.1 Å². The SMILES string of the molecule is C=CCc1cc(S(=O)(=O)c2ccc(OC(=O)NCCOCCOC(=O)C(=C)C)c(CC=C)c2)ccc1O. The zero-order chi connectivity index (χ0) is 27.4. The molecule has 0 atom stereocenters. The maximum Gasteiger partial charge on any atom is 0.412 e. The summed E-state index contributed by atoms with van der Waals surface area (Å²) in [5, 5.41) is 12.5. The van der Waals surface area contributed by atoms with Crippen LogP contribution in [0.15, 0.2) is 83.7 Å². The molecule has 9 nitrogen and oxygen atoms in total. The van der Waals surface area contributed by atoms with E-state index in [1.54, 1.807) is 19.1 Å². The van der Waals surface area contributed by atoms with Gasteiger partial charge < -0.3 is 24.6 Å². The molecule has 0 radical (unpaired) electrons. The summed E-state index contributed by atoms with van der Waals surface area (Å²) in [4.78, 5) is 23.5. The maximum atomic E-state index is 13.2. The van der Waals surface area contributed by atoms with E-state index in [1.165, 1.54) is 36.4 Å². The molecule has 2 N–H and O–H groups in total. The van der Waals surface area contributed by atoms with Gasteiger partial charge in [-0.2, -0.15) is 0 Å². The number of carbonyl (C=O) groups excluding carboxylic acids is 2. The summed E-state index contributed by atoms with van der Waals surface area (Å²) in [6.45, 7) is 12.8. The van der Waals surface area contributed by atoms with Crippen LogP contribution in [-0.2, 0) is 36.9 Å². The summed E-state index contributed by atoms with van der Waals surface area (Å²) >= 11 is 0. The van der Waals surface area contributed by atoms with Crippen LogP contribution >= 0.6 is 0 Å². The third-order valence-corrected chi connectivity index (χ3v) is 6.71. The second-order valence-electron chi connectivity index (χ2n) is 7.89. The standard InChI is InChI=1S/C27H31NO8S/c1-5-7-20-17-22(9-11-24(20)29)37(32,33)23-10-12-25(21(18-23)8-6-2)36-27(31)28-13-14-34-15-16-35-26(30)19(3)4/h5-6,9-12,17-18,29H,1-3,7-8,13-16H2,4H3,(H,28,31). The Hall–Kier alpha value is -3.89. The summed E-state index contributed by atoms with van der Waals surface area (Å²) in [6, 6.07) is 8.24. The van der Waals surface area contributed by atoms with Gasteiger partial charge in [0.25, 0.3) is 0 Å². The minimum atomic E-state index is -3.91. The van der Waals surface area contributed by atoms with Crippen LogP contribution in [0.2, 0.25) is 0 Å². The number of aromatic hydroxyl groups is 1. The van der Waals surface area contributed by atoms with Crippen LogP contribution in [0.1, 0.15) is 18.1 Å². The zero-order valence-electron chi connectivity index (χ0n) is 20.7. The van der Waals surface area contributed by atoms with Crippen molar-refractivity contribution in [3.8, 4) is 11.5 Å².